The van der Waals surface area contributed by atoms with Gasteiger partial charge in [-0.3, -0.25) is 0 Å². The minimum absolute atomic E-state index is 0.124. The molecule has 2 aromatic rings. The lowest BCUT2D eigenvalue weighted by Gasteiger charge is -2.22. The van der Waals surface area contributed by atoms with E-state index in [2.05, 4.69) is 18.2 Å². The molecule has 1 aliphatic carbocycles. The van der Waals surface area contributed by atoms with Crippen molar-refractivity contribution in [3.05, 3.63) is 64.7 Å². The summed E-state index contributed by atoms with van der Waals surface area (Å²) in [6, 6.07) is 15.9. The largest absolute Gasteiger partial charge is 0.489 e. The molecule has 2 aromatic carbocycles. The number of nitriles is 1. The van der Waals surface area contributed by atoms with Gasteiger partial charge in [-0.15, -0.1) is 0 Å². The second-order valence-corrected chi connectivity index (χ2v) is 5.46. The summed E-state index contributed by atoms with van der Waals surface area (Å²) in [7, 11) is 0. The number of ether oxygens (including phenoxy) is 1. The molecule has 21 heavy (non-hydrogen) atoms. The van der Waals surface area contributed by atoms with Crippen molar-refractivity contribution < 1.29 is 4.74 Å². The van der Waals surface area contributed by atoms with E-state index in [-0.39, 0.29) is 6.04 Å². The molecule has 0 aliphatic heterocycles. The number of nitrogens with zero attached hydrogens (tertiary/aromatic N) is 1. The predicted molar refractivity (Wildman–Crippen MR) is 81.8 cm³/mol. The summed E-state index contributed by atoms with van der Waals surface area (Å²) in [5.41, 5.74) is 10.4. The zero-order valence-electron chi connectivity index (χ0n) is 11.9. The van der Waals surface area contributed by atoms with Crippen molar-refractivity contribution in [3.63, 3.8) is 0 Å². The zero-order valence-corrected chi connectivity index (χ0v) is 11.9. The molecule has 3 heteroatoms. The Balaban J connectivity index is 1.73. The van der Waals surface area contributed by atoms with Gasteiger partial charge in [0.05, 0.1) is 11.6 Å². The number of benzene rings is 2. The van der Waals surface area contributed by atoms with Crippen LogP contribution in [-0.2, 0) is 13.0 Å². The fourth-order valence-electron chi connectivity index (χ4n) is 2.80. The second-order valence-electron chi connectivity index (χ2n) is 5.46. The lowest BCUT2D eigenvalue weighted by Crippen LogP contribution is -2.17. The fraction of sp³-hybridized carbons (Fsp3) is 0.278. The van der Waals surface area contributed by atoms with Crippen molar-refractivity contribution in [1.82, 2.24) is 0 Å². The van der Waals surface area contributed by atoms with E-state index in [1.807, 2.05) is 24.3 Å². The van der Waals surface area contributed by atoms with Gasteiger partial charge in [-0.05, 0) is 60.2 Å². The maximum atomic E-state index is 8.90. The topological polar surface area (TPSA) is 59.0 Å². The van der Waals surface area contributed by atoms with Gasteiger partial charge in [0.2, 0.25) is 0 Å². The van der Waals surface area contributed by atoms with Crippen molar-refractivity contribution in [3.8, 4) is 11.8 Å². The van der Waals surface area contributed by atoms with E-state index in [1.165, 1.54) is 11.1 Å². The van der Waals surface area contributed by atoms with E-state index in [0.29, 0.717) is 12.2 Å². The van der Waals surface area contributed by atoms with Gasteiger partial charge >= 0.3 is 0 Å². The molecule has 0 saturated heterocycles. The Bertz CT molecular complexity index is 688. The maximum absolute atomic E-state index is 8.90. The van der Waals surface area contributed by atoms with Crippen LogP contribution < -0.4 is 10.5 Å². The van der Waals surface area contributed by atoms with Crippen molar-refractivity contribution >= 4 is 0 Å². The molecule has 3 nitrogen and oxygen atoms in total. The van der Waals surface area contributed by atoms with Crippen LogP contribution >= 0.6 is 0 Å². The highest BCUT2D eigenvalue weighted by Crippen LogP contribution is 2.31. The van der Waals surface area contributed by atoms with Crippen molar-refractivity contribution in [2.45, 2.75) is 31.9 Å². The monoisotopic (exact) mass is 278 g/mol. The third-order valence-electron chi connectivity index (χ3n) is 3.94. The average molecular weight is 278 g/mol. The van der Waals surface area contributed by atoms with Gasteiger partial charge in [-0.1, -0.05) is 18.2 Å². The minimum Gasteiger partial charge on any atom is -0.489 e. The van der Waals surface area contributed by atoms with E-state index in [1.54, 1.807) is 6.07 Å². The molecule has 2 N–H and O–H groups in total. The summed E-state index contributed by atoms with van der Waals surface area (Å²) >= 11 is 0. The van der Waals surface area contributed by atoms with E-state index >= 15 is 0 Å². The molecule has 106 valence electrons. The SMILES string of the molecule is N#Cc1cccc(COc2ccc3c(c2)[C@H](N)CCC3)c1. The third-order valence-corrected chi connectivity index (χ3v) is 3.94. The van der Waals surface area contributed by atoms with Crippen LogP contribution in [0.4, 0.5) is 0 Å². The van der Waals surface area contributed by atoms with Crippen molar-refractivity contribution in [2.75, 3.05) is 0 Å². The van der Waals surface area contributed by atoms with Gasteiger partial charge in [0.15, 0.2) is 0 Å². The van der Waals surface area contributed by atoms with Crippen LogP contribution in [-0.4, -0.2) is 0 Å². The molecular formula is C18H18N2O. The summed E-state index contributed by atoms with van der Waals surface area (Å²) in [6.07, 6.45) is 3.31. The second kappa shape index (κ2) is 5.99. The predicted octanol–water partition coefficient (Wildman–Crippen LogP) is 3.47. The van der Waals surface area contributed by atoms with Crippen LogP contribution in [0.1, 0.15) is 41.1 Å². The lowest BCUT2D eigenvalue weighted by atomic mass is 9.88. The van der Waals surface area contributed by atoms with Gasteiger partial charge in [0.25, 0.3) is 0 Å². The Morgan fingerprint density at radius 2 is 2.14 bits per heavy atom. The Morgan fingerprint density at radius 3 is 3.00 bits per heavy atom. The first kappa shape index (κ1) is 13.7. The van der Waals surface area contributed by atoms with Crippen molar-refractivity contribution in [2.24, 2.45) is 5.73 Å². The van der Waals surface area contributed by atoms with E-state index in [9.17, 15) is 0 Å². The zero-order chi connectivity index (χ0) is 14.7. The van der Waals surface area contributed by atoms with Crippen LogP contribution in [0.2, 0.25) is 0 Å². The molecule has 0 fully saturated rings. The molecule has 0 unspecified atom stereocenters. The van der Waals surface area contributed by atoms with E-state index < -0.39 is 0 Å². The molecule has 1 atom stereocenters. The summed E-state index contributed by atoms with van der Waals surface area (Å²) in [5.74, 6) is 0.841. The number of nitrogens with two attached hydrogens (primary N) is 1. The van der Waals surface area contributed by atoms with Gasteiger partial charge in [0.1, 0.15) is 12.4 Å². The minimum atomic E-state index is 0.124. The van der Waals surface area contributed by atoms with Crippen LogP contribution in [0.15, 0.2) is 42.5 Å². The van der Waals surface area contributed by atoms with E-state index in [0.717, 1.165) is 30.6 Å². The highest BCUT2D eigenvalue weighted by atomic mass is 16.5. The summed E-state index contributed by atoms with van der Waals surface area (Å²) < 4.78 is 5.84. The molecule has 0 radical (unpaired) electrons. The number of fused-ring (bicyclic) bond motifs is 1. The fourth-order valence-corrected chi connectivity index (χ4v) is 2.80. The normalized spacial score (nSPS) is 16.9. The first-order chi connectivity index (χ1) is 10.3. The molecular weight excluding hydrogens is 260 g/mol. The van der Waals surface area contributed by atoms with Crippen LogP contribution in [0.25, 0.3) is 0 Å². The molecule has 0 aromatic heterocycles. The summed E-state index contributed by atoms with van der Waals surface area (Å²) in [5, 5.41) is 8.90. The average Bonchev–Trinajstić information content (AvgIpc) is 2.54. The molecule has 0 amide bonds. The number of hydrogen-bond donors (Lipinski definition) is 1. The Labute approximate surface area is 125 Å². The van der Waals surface area contributed by atoms with Crippen molar-refractivity contribution in [1.29, 1.82) is 5.26 Å². The molecule has 0 spiro atoms. The van der Waals surface area contributed by atoms with Gasteiger partial charge in [-0.2, -0.15) is 5.26 Å². The summed E-state index contributed by atoms with van der Waals surface area (Å²) in [6.45, 7) is 0.462. The maximum Gasteiger partial charge on any atom is 0.120 e. The Kier molecular flexibility index (Phi) is 3.89. The molecule has 3 rings (SSSR count). The van der Waals surface area contributed by atoms with Crippen LogP contribution in [0.3, 0.4) is 0 Å². The Hall–Kier alpha value is -2.31. The number of hydrogen-bond acceptors (Lipinski definition) is 3. The number of aryl methyl sites for hydroxylation is 1. The first-order valence-electron chi connectivity index (χ1n) is 7.26. The van der Waals surface area contributed by atoms with Crippen LogP contribution in [0, 0.1) is 11.3 Å². The molecule has 0 heterocycles. The third kappa shape index (κ3) is 3.07. The van der Waals surface area contributed by atoms with Gasteiger partial charge in [-0.25, -0.2) is 0 Å². The number of rotatable bonds is 3. The molecule has 0 bridgehead atoms. The Morgan fingerprint density at radius 1 is 1.24 bits per heavy atom. The first-order valence-corrected chi connectivity index (χ1v) is 7.26. The highest BCUT2D eigenvalue weighted by Gasteiger charge is 2.17. The summed E-state index contributed by atoms with van der Waals surface area (Å²) in [4.78, 5) is 0. The standard InChI is InChI=1S/C18H18N2O/c19-11-13-3-1-4-14(9-13)12-21-16-8-7-15-5-2-6-18(20)17(15)10-16/h1,3-4,7-10,18H,2,5-6,12,20H2/t18-/m1/s1. The molecule has 1 aliphatic rings. The van der Waals surface area contributed by atoms with Gasteiger partial charge in [0, 0.05) is 6.04 Å². The molecule has 0 saturated carbocycles. The smallest absolute Gasteiger partial charge is 0.120 e. The van der Waals surface area contributed by atoms with Gasteiger partial charge < -0.3 is 10.5 Å². The lowest BCUT2D eigenvalue weighted by molar-refractivity contribution is 0.305. The highest BCUT2D eigenvalue weighted by molar-refractivity contribution is 5.39. The van der Waals surface area contributed by atoms with E-state index in [4.69, 9.17) is 15.7 Å². The quantitative estimate of drug-likeness (QED) is 0.935. The van der Waals surface area contributed by atoms with Crippen LogP contribution in [0.5, 0.6) is 5.75 Å².